The van der Waals surface area contributed by atoms with Crippen molar-refractivity contribution in [1.29, 1.82) is 0 Å². The molecule has 10 heteroatoms. The summed E-state index contributed by atoms with van der Waals surface area (Å²) < 4.78 is 10.5. The maximum atomic E-state index is 14.5. The van der Waals surface area contributed by atoms with Crippen LogP contribution < -0.4 is 10.6 Å². The average Bonchev–Trinajstić information content (AvgIpc) is 2.86. The van der Waals surface area contributed by atoms with Gasteiger partial charge in [0.15, 0.2) is 0 Å². The van der Waals surface area contributed by atoms with Gasteiger partial charge in [0.2, 0.25) is 11.8 Å². The molecule has 0 spiro atoms. The van der Waals surface area contributed by atoms with Gasteiger partial charge in [-0.2, -0.15) is 11.8 Å². The molecule has 1 aromatic carbocycles. The van der Waals surface area contributed by atoms with Gasteiger partial charge in [-0.05, 0) is 91.2 Å². The summed E-state index contributed by atoms with van der Waals surface area (Å²) in [6.45, 7) is 17.4. The summed E-state index contributed by atoms with van der Waals surface area (Å²) >= 11 is 1.57. The zero-order valence-corrected chi connectivity index (χ0v) is 28.1. The molecule has 2 N–H and O–H groups in total. The third-order valence-electron chi connectivity index (χ3n) is 6.51. The van der Waals surface area contributed by atoms with Gasteiger partial charge in [0.25, 0.3) is 0 Å². The Morgan fingerprint density at radius 2 is 1.60 bits per heavy atom. The Bertz CT molecular complexity index is 1020. The number of thioether (sulfide) groups is 1. The fourth-order valence-electron chi connectivity index (χ4n) is 4.66. The lowest BCUT2D eigenvalue weighted by Crippen LogP contribution is -2.55. The third kappa shape index (κ3) is 13.5. The number of rotatable bonds is 16. The largest absolute Gasteiger partial charge is 0.466 e. The van der Waals surface area contributed by atoms with Crippen LogP contribution in [-0.4, -0.2) is 71.6 Å². The molecule has 0 aliphatic carbocycles. The van der Waals surface area contributed by atoms with Gasteiger partial charge in [-0.1, -0.05) is 43.2 Å². The SMILES string of the molecule is CCOC(=O)CCNC(=O)C(c1cc(C)cc(C)c1)N(C(=O)C(CCSC)NC(=O)OC(C)(C)C)C(C)CCC(C)C. The number of alkyl carbamates (subject to hydrolysis) is 1. The second-order valence-electron chi connectivity index (χ2n) is 12.2. The molecule has 0 aliphatic rings. The first-order valence-electron chi connectivity index (χ1n) is 14.9. The van der Waals surface area contributed by atoms with E-state index in [1.165, 1.54) is 0 Å². The number of aryl methyl sites for hydroxylation is 2. The van der Waals surface area contributed by atoms with Crippen molar-refractivity contribution < 1.29 is 28.7 Å². The van der Waals surface area contributed by atoms with Crippen LogP contribution in [-0.2, 0) is 23.9 Å². The van der Waals surface area contributed by atoms with E-state index in [2.05, 4.69) is 24.5 Å². The summed E-state index contributed by atoms with van der Waals surface area (Å²) in [5.41, 5.74) is 1.86. The molecule has 0 radical (unpaired) electrons. The fourth-order valence-corrected chi connectivity index (χ4v) is 5.13. The Morgan fingerprint density at radius 3 is 2.12 bits per heavy atom. The van der Waals surface area contributed by atoms with Crippen LogP contribution in [0.2, 0.25) is 0 Å². The molecule has 1 aromatic rings. The molecule has 0 fully saturated rings. The van der Waals surface area contributed by atoms with Crippen LogP contribution in [0.4, 0.5) is 4.79 Å². The zero-order chi connectivity index (χ0) is 32.0. The van der Waals surface area contributed by atoms with Crippen molar-refractivity contribution in [2.75, 3.05) is 25.2 Å². The third-order valence-corrected chi connectivity index (χ3v) is 7.15. The maximum absolute atomic E-state index is 14.5. The molecule has 3 atom stereocenters. The Hall–Kier alpha value is -2.75. The summed E-state index contributed by atoms with van der Waals surface area (Å²) in [5.74, 6) is -0.126. The Kier molecular flexibility index (Phi) is 16.0. The number of hydrogen-bond donors (Lipinski definition) is 2. The summed E-state index contributed by atoms with van der Waals surface area (Å²) in [6.07, 6.45) is 3.17. The van der Waals surface area contributed by atoms with E-state index in [-0.39, 0.29) is 31.5 Å². The number of carbonyl (C=O) groups excluding carboxylic acids is 4. The first-order chi connectivity index (χ1) is 19.6. The molecule has 0 saturated heterocycles. The Labute approximate surface area is 257 Å². The summed E-state index contributed by atoms with van der Waals surface area (Å²) in [5, 5.41) is 5.66. The van der Waals surface area contributed by atoms with Gasteiger partial charge in [-0.25, -0.2) is 4.79 Å². The van der Waals surface area contributed by atoms with Crippen molar-refractivity contribution in [1.82, 2.24) is 15.5 Å². The number of hydrogen-bond acceptors (Lipinski definition) is 7. The molecule has 0 aliphatic heterocycles. The molecule has 0 aromatic heterocycles. The van der Waals surface area contributed by atoms with Gasteiger partial charge in [-0.3, -0.25) is 14.4 Å². The highest BCUT2D eigenvalue weighted by Gasteiger charge is 2.39. The minimum atomic E-state index is -0.974. The van der Waals surface area contributed by atoms with Crippen LogP contribution in [0.15, 0.2) is 18.2 Å². The highest BCUT2D eigenvalue weighted by Crippen LogP contribution is 2.29. The van der Waals surface area contributed by atoms with E-state index in [4.69, 9.17) is 9.47 Å². The number of carbonyl (C=O) groups is 4. The molecule has 1 rings (SSSR count). The number of benzene rings is 1. The van der Waals surface area contributed by atoms with Gasteiger partial charge < -0.3 is 25.0 Å². The van der Waals surface area contributed by atoms with Crippen LogP contribution >= 0.6 is 11.8 Å². The number of ether oxygens (including phenoxy) is 2. The van der Waals surface area contributed by atoms with E-state index >= 15 is 0 Å². The van der Waals surface area contributed by atoms with E-state index in [0.29, 0.717) is 30.1 Å². The number of nitrogens with one attached hydrogen (secondary N) is 2. The normalized spacial score (nSPS) is 13.6. The van der Waals surface area contributed by atoms with Gasteiger partial charge >= 0.3 is 12.1 Å². The first kappa shape index (κ1) is 37.3. The lowest BCUT2D eigenvalue weighted by Gasteiger charge is -2.39. The average molecular weight is 608 g/mol. The summed E-state index contributed by atoms with van der Waals surface area (Å²) in [4.78, 5) is 54.9. The molecule has 9 nitrogen and oxygen atoms in total. The fraction of sp³-hybridized carbons (Fsp3) is 0.688. The monoisotopic (exact) mass is 607 g/mol. The van der Waals surface area contributed by atoms with E-state index in [1.54, 1.807) is 44.4 Å². The summed E-state index contributed by atoms with van der Waals surface area (Å²) in [6, 6.07) is 3.65. The van der Waals surface area contributed by atoms with Crippen molar-refractivity contribution in [2.24, 2.45) is 5.92 Å². The maximum Gasteiger partial charge on any atom is 0.408 e. The lowest BCUT2D eigenvalue weighted by atomic mass is 9.95. The minimum Gasteiger partial charge on any atom is -0.466 e. The number of esters is 1. The van der Waals surface area contributed by atoms with Gasteiger partial charge in [-0.15, -0.1) is 0 Å². The van der Waals surface area contributed by atoms with Crippen LogP contribution in [0.5, 0.6) is 0 Å². The van der Waals surface area contributed by atoms with Crippen molar-refractivity contribution in [3.05, 3.63) is 34.9 Å². The summed E-state index contributed by atoms with van der Waals surface area (Å²) in [7, 11) is 0. The Morgan fingerprint density at radius 1 is 0.976 bits per heavy atom. The quantitative estimate of drug-likeness (QED) is 0.231. The molecule has 238 valence electrons. The molecule has 0 heterocycles. The number of nitrogens with zero attached hydrogens (tertiary/aromatic N) is 1. The van der Waals surface area contributed by atoms with E-state index in [9.17, 15) is 19.2 Å². The smallest absolute Gasteiger partial charge is 0.408 e. The second-order valence-corrected chi connectivity index (χ2v) is 13.2. The topological polar surface area (TPSA) is 114 Å². The zero-order valence-electron chi connectivity index (χ0n) is 27.3. The van der Waals surface area contributed by atoms with Crippen LogP contribution in [0, 0.1) is 19.8 Å². The number of amides is 3. The molecule has 42 heavy (non-hydrogen) atoms. The van der Waals surface area contributed by atoms with E-state index in [0.717, 1.165) is 17.5 Å². The van der Waals surface area contributed by atoms with Gasteiger partial charge in [0.05, 0.1) is 13.0 Å². The molecule has 0 bridgehead atoms. The first-order valence-corrected chi connectivity index (χ1v) is 16.3. The van der Waals surface area contributed by atoms with Crippen LogP contribution in [0.25, 0.3) is 0 Å². The minimum absolute atomic E-state index is 0.0204. The van der Waals surface area contributed by atoms with Crippen molar-refractivity contribution in [2.45, 2.75) is 112 Å². The predicted octanol–water partition coefficient (Wildman–Crippen LogP) is 5.71. The van der Waals surface area contributed by atoms with Crippen LogP contribution in [0.1, 0.15) is 96.9 Å². The van der Waals surface area contributed by atoms with Gasteiger partial charge in [0, 0.05) is 12.6 Å². The molecule has 0 saturated carbocycles. The van der Waals surface area contributed by atoms with Crippen molar-refractivity contribution in [3.63, 3.8) is 0 Å². The highest BCUT2D eigenvalue weighted by atomic mass is 32.2. The highest BCUT2D eigenvalue weighted by molar-refractivity contribution is 7.98. The standard InChI is InChI=1S/C32H53N3O6S/c1-11-40-27(36)14-16-33-29(37)28(25-19-22(4)18-23(5)20-25)35(24(6)13-12-21(2)3)30(38)26(15-17-42-10)34-31(39)41-32(7,8)9/h18-21,24,26,28H,11-17H2,1-10H3,(H,33,37)(H,34,39). The molecule has 3 unspecified atom stereocenters. The molecular formula is C32H53N3O6S. The predicted molar refractivity (Wildman–Crippen MR) is 169 cm³/mol. The van der Waals surface area contributed by atoms with E-state index in [1.807, 2.05) is 45.2 Å². The van der Waals surface area contributed by atoms with Crippen LogP contribution in [0.3, 0.4) is 0 Å². The van der Waals surface area contributed by atoms with Crippen molar-refractivity contribution in [3.8, 4) is 0 Å². The van der Waals surface area contributed by atoms with Crippen molar-refractivity contribution >= 4 is 35.6 Å². The van der Waals surface area contributed by atoms with E-state index < -0.39 is 35.7 Å². The molecular weight excluding hydrogens is 554 g/mol. The molecule has 3 amide bonds. The second kappa shape index (κ2) is 18.0. The Balaban J connectivity index is 3.62. The lowest BCUT2D eigenvalue weighted by molar-refractivity contribution is -0.146. The van der Waals surface area contributed by atoms with Gasteiger partial charge in [0.1, 0.15) is 17.7 Å².